The highest BCUT2D eigenvalue weighted by Gasteiger charge is 2.26. The van der Waals surface area contributed by atoms with Crippen molar-refractivity contribution in [3.05, 3.63) is 95.2 Å². The Labute approximate surface area is 194 Å². The number of rotatable bonds is 4. The summed E-state index contributed by atoms with van der Waals surface area (Å²) in [4.78, 5) is 12.9. The molecule has 5 heteroatoms. The molecular weight excluding hydrogens is 408 g/mol. The SMILES string of the molecule is CC(C)(C)c1ccc2c(c1)CC[C@H]2NC(=O)Nc1cccc2[nH][n+](Cc3ccccc3)cc12. The normalized spacial score (nSPS) is 15.4. The van der Waals surface area contributed by atoms with E-state index in [1.807, 2.05) is 41.1 Å². The molecular formula is C28H31N4O+. The molecule has 0 radical (unpaired) electrons. The Morgan fingerprint density at radius 1 is 1.06 bits per heavy atom. The van der Waals surface area contributed by atoms with Crippen LogP contribution >= 0.6 is 0 Å². The molecule has 3 aromatic carbocycles. The molecule has 2 amide bonds. The Morgan fingerprint density at radius 3 is 2.67 bits per heavy atom. The number of anilines is 1. The van der Waals surface area contributed by atoms with Gasteiger partial charge >= 0.3 is 6.03 Å². The van der Waals surface area contributed by atoms with Crippen LogP contribution < -0.4 is 15.3 Å². The second-order valence-corrected chi connectivity index (χ2v) is 9.97. The smallest absolute Gasteiger partial charge is 0.319 e. The van der Waals surface area contributed by atoms with Crippen LogP contribution in [0.2, 0.25) is 0 Å². The Hall–Kier alpha value is -3.60. The van der Waals surface area contributed by atoms with Gasteiger partial charge in [0.25, 0.3) is 0 Å². The van der Waals surface area contributed by atoms with E-state index in [9.17, 15) is 4.79 Å². The standard InChI is InChI=1S/C28H30N4O/c1-28(2,3)21-13-14-22-20(16-21)12-15-25(22)30-27(33)29-24-10-7-11-26-23(24)18-32(31-26)17-19-8-5-4-6-9-19/h4-11,13-14,16,18,25H,12,15,17H2,1-3H3,(H2,29,30,31,33)/p+1/t25-/m1/s1. The van der Waals surface area contributed by atoms with Gasteiger partial charge < -0.3 is 10.6 Å². The lowest BCUT2D eigenvalue weighted by atomic mass is 9.85. The van der Waals surface area contributed by atoms with Crippen LogP contribution in [0.15, 0.2) is 72.9 Å². The van der Waals surface area contributed by atoms with E-state index in [0.29, 0.717) is 0 Å². The highest BCUT2D eigenvalue weighted by Crippen LogP contribution is 2.34. The van der Waals surface area contributed by atoms with E-state index < -0.39 is 0 Å². The average Bonchev–Trinajstić information content (AvgIpc) is 3.38. The van der Waals surface area contributed by atoms with E-state index in [0.717, 1.165) is 36.0 Å². The van der Waals surface area contributed by atoms with Crippen molar-refractivity contribution >= 4 is 22.6 Å². The predicted octanol–water partition coefficient (Wildman–Crippen LogP) is 5.61. The van der Waals surface area contributed by atoms with Crippen molar-refractivity contribution in [1.82, 2.24) is 10.4 Å². The fourth-order valence-electron chi connectivity index (χ4n) is 4.67. The third-order valence-electron chi connectivity index (χ3n) is 6.49. The van der Waals surface area contributed by atoms with E-state index in [1.165, 1.54) is 22.3 Å². The summed E-state index contributed by atoms with van der Waals surface area (Å²) in [6.07, 6.45) is 3.98. The van der Waals surface area contributed by atoms with Crippen LogP contribution in [0, 0.1) is 0 Å². The van der Waals surface area contributed by atoms with Crippen molar-refractivity contribution in [2.24, 2.45) is 0 Å². The highest BCUT2D eigenvalue weighted by atomic mass is 16.2. The maximum atomic E-state index is 12.9. The van der Waals surface area contributed by atoms with Crippen molar-refractivity contribution in [3.63, 3.8) is 0 Å². The van der Waals surface area contributed by atoms with Gasteiger partial charge in [-0.05, 0) is 47.1 Å². The number of hydrogen-bond donors (Lipinski definition) is 3. The Bertz CT molecular complexity index is 1300. The summed E-state index contributed by atoms with van der Waals surface area (Å²) in [5.41, 5.74) is 7.06. The molecule has 1 aliphatic carbocycles. The summed E-state index contributed by atoms with van der Waals surface area (Å²) in [6, 6.07) is 22.8. The summed E-state index contributed by atoms with van der Waals surface area (Å²) in [5.74, 6) is 0. The van der Waals surface area contributed by atoms with E-state index in [1.54, 1.807) is 0 Å². The van der Waals surface area contributed by atoms with Crippen LogP contribution in [0.4, 0.5) is 10.5 Å². The molecule has 3 N–H and O–H groups in total. The van der Waals surface area contributed by atoms with Gasteiger partial charge in [-0.2, -0.15) is 5.10 Å². The van der Waals surface area contributed by atoms with Crippen molar-refractivity contribution < 1.29 is 9.48 Å². The van der Waals surface area contributed by atoms with Gasteiger partial charge in [0, 0.05) is 5.56 Å². The zero-order valence-electron chi connectivity index (χ0n) is 19.5. The van der Waals surface area contributed by atoms with Gasteiger partial charge in [-0.1, -0.05) is 75.4 Å². The van der Waals surface area contributed by atoms with Crippen LogP contribution in [0.1, 0.15) is 55.5 Å². The lowest BCUT2D eigenvalue weighted by Gasteiger charge is -2.21. The van der Waals surface area contributed by atoms with Crippen LogP contribution in [0.25, 0.3) is 10.9 Å². The maximum Gasteiger partial charge on any atom is 0.319 e. The van der Waals surface area contributed by atoms with Gasteiger partial charge in [0.2, 0.25) is 6.20 Å². The number of aryl methyl sites for hydroxylation is 1. The first kappa shape index (κ1) is 21.3. The maximum absolute atomic E-state index is 12.9. The monoisotopic (exact) mass is 439 g/mol. The van der Waals surface area contributed by atoms with Crippen LogP contribution in [-0.4, -0.2) is 11.1 Å². The van der Waals surface area contributed by atoms with Crippen molar-refractivity contribution in [1.29, 1.82) is 0 Å². The number of fused-ring (bicyclic) bond motifs is 2. The number of aromatic nitrogens is 2. The van der Waals surface area contributed by atoms with Crippen molar-refractivity contribution in [2.75, 3.05) is 5.32 Å². The van der Waals surface area contributed by atoms with E-state index in [4.69, 9.17) is 0 Å². The summed E-state index contributed by atoms with van der Waals surface area (Å²) in [5, 5.41) is 10.7. The molecule has 0 fully saturated rings. The number of hydrogen-bond acceptors (Lipinski definition) is 1. The minimum absolute atomic E-state index is 0.0439. The van der Waals surface area contributed by atoms with Crippen molar-refractivity contribution in [3.8, 4) is 0 Å². The van der Waals surface area contributed by atoms with Gasteiger partial charge in [-0.3, -0.25) is 0 Å². The number of H-pyrrole nitrogens is 1. The first-order valence-corrected chi connectivity index (χ1v) is 11.6. The van der Waals surface area contributed by atoms with Gasteiger partial charge in [0.15, 0.2) is 6.54 Å². The second-order valence-electron chi connectivity index (χ2n) is 9.97. The summed E-state index contributed by atoms with van der Waals surface area (Å²) < 4.78 is 2.04. The largest absolute Gasteiger partial charge is 0.331 e. The molecule has 168 valence electrons. The number of nitrogens with zero attached hydrogens (tertiary/aromatic N) is 1. The zero-order valence-corrected chi connectivity index (χ0v) is 19.5. The molecule has 1 aliphatic rings. The summed E-state index contributed by atoms with van der Waals surface area (Å²) in [7, 11) is 0. The molecule has 33 heavy (non-hydrogen) atoms. The van der Waals surface area contributed by atoms with E-state index in [2.05, 4.69) is 73.0 Å². The molecule has 0 aliphatic heterocycles. The summed E-state index contributed by atoms with van der Waals surface area (Å²) >= 11 is 0. The van der Waals surface area contributed by atoms with Gasteiger partial charge in [-0.15, -0.1) is 4.68 Å². The molecule has 5 rings (SSSR count). The fraction of sp³-hybridized carbons (Fsp3) is 0.286. The zero-order chi connectivity index (χ0) is 23.0. The summed E-state index contributed by atoms with van der Waals surface area (Å²) in [6.45, 7) is 7.45. The quantitative estimate of drug-likeness (QED) is 0.356. The molecule has 0 bridgehead atoms. The first-order chi connectivity index (χ1) is 15.9. The average molecular weight is 440 g/mol. The third kappa shape index (κ3) is 4.49. The molecule has 1 heterocycles. The number of urea groups is 1. The Morgan fingerprint density at radius 2 is 1.88 bits per heavy atom. The highest BCUT2D eigenvalue weighted by molar-refractivity contribution is 5.99. The topological polar surface area (TPSA) is 60.8 Å². The van der Waals surface area contributed by atoms with Gasteiger partial charge in [0.05, 0.1) is 17.1 Å². The molecule has 1 atom stereocenters. The molecule has 5 nitrogen and oxygen atoms in total. The van der Waals surface area contributed by atoms with E-state index in [-0.39, 0.29) is 17.5 Å². The second kappa shape index (κ2) is 8.39. The predicted molar refractivity (Wildman–Crippen MR) is 132 cm³/mol. The molecule has 0 unspecified atom stereocenters. The first-order valence-electron chi connectivity index (χ1n) is 11.6. The number of benzene rings is 3. The minimum atomic E-state index is -0.170. The lowest BCUT2D eigenvalue weighted by Crippen LogP contribution is -2.35. The Kier molecular flexibility index (Phi) is 5.41. The van der Waals surface area contributed by atoms with Crippen LogP contribution in [0.3, 0.4) is 0 Å². The molecule has 0 saturated heterocycles. The van der Waals surface area contributed by atoms with Crippen LogP contribution in [0.5, 0.6) is 0 Å². The molecule has 0 spiro atoms. The number of carbonyl (C=O) groups excluding carboxylic acids is 1. The van der Waals surface area contributed by atoms with Crippen LogP contribution in [-0.2, 0) is 18.4 Å². The number of nitrogens with one attached hydrogen (secondary N) is 3. The number of amides is 2. The number of aromatic amines is 1. The minimum Gasteiger partial charge on any atom is -0.331 e. The third-order valence-corrected chi connectivity index (χ3v) is 6.49. The fourth-order valence-corrected chi connectivity index (χ4v) is 4.67. The molecule has 1 aromatic heterocycles. The number of carbonyl (C=O) groups is 1. The van der Waals surface area contributed by atoms with Gasteiger partial charge in [-0.25, -0.2) is 4.79 Å². The van der Waals surface area contributed by atoms with Gasteiger partial charge in [0.1, 0.15) is 5.52 Å². The van der Waals surface area contributed by atoms with Crippen molar-refractivity contribution in [2.45, 2.75) is 51.6 Å². The lowest BCUT2D eigenvalue weighted by molar-refractivity contribution is -0.740. The Balaban J connectivity index is 1.30. The van der Waals surface area contributed by atoms with E-state index >= 15 is 0 Å². The molecule has 0 saturated carbocycles. The molecule has 4 aromatic rings.